The van der Waals surface area contributed by atoms with Crippen molar-refractivity contribution in [2.75, 3.05) is 0 Å². The van der Waals surface area contributed by atoms with Gasteiger partial charge in [0.15, 0.2) is 11.4 Å². The third-order valence-electron chi connectivity index (χ3n) is 3.13. The van der Waals surface area contributed by atoms with Gasteiger partial charge >= 0.3 is 0 Å². The Morgan fingerprint density at radius 2 is 2.05 bits per heavy atom. The van der Waals surface area contributed by atoms with Crippen LogP contribution in [0.25, 0.3) is 21.6 Å². The van der Waals surface area contributed by atoms with Crippen molar-refractivity contribution < 1.29 is 4.42 Å². The second-order valence-corrected chi connectivity index (χ2v) is 5.58. The van der Waals surface area contributed by atoms with E-state index in [2.05, 4.69) is 5.18 Å². The average molecular weight is 285 g/mol. The minimum atomic E-state index is -0.378. The molecular formula is C15H11NO3S. The van der Waals surface area contributed by atoms with Gasteiger partial charge in [0, 0.05) is 0 Å². The lowest BCUT2D eigenvalue weighted by Gasteiger charge is -2.06. The number of hydrogen-bond donors (Lipinski definition) is 0. The lowest BCUT2D eigenvalue weighted by Crippen LogP contribution is -2.03. The molecule has 3 aromatic rings. The Labute approximate surface area is 118 Å². The molecule has 0 aliphatic heterocycles. The molecular weight excluding hydrogens is 274 g/mol. The molecule has 1 aromatic carbocycles. The maximum Gasteiger partial charge on any atom is 0.222 e. The highest BCUT2D eigenvalue weighted by Gasteiger charge is 2.18. The predicted octanol–water partition coefficient (Wildman–Crippen LogP) is 4.54. The number of fused-ring (bicyclic) bond motifs is 1. The van der Waals surface area contributed by atoms with Crippen molar-refractivity contribution in [2.45, 2.75) is 13.8 Å². The third kappa shape index (κ3) is 1.87. The van der Waals surface area contributed by atoms with Crippen LogP contribution < -0.4 is 5.43 Å². The predicted molar refractivity (Wildman–Crippen MR) is 80.7 cm³/mol. The average Bonchev–Trinajstić information content (AvgIpc) is 2.93. The van der Waals surface area contributed by atoms with Crippen LogP contribution in [-0.2, 0) is 0 Å². The van der Waals surface area contributed by atoms with Gasteiger partial charge in [0.2, 0.25) is 5.43 Å². The van der Waals surface area contributed by atoms with Crippen LogP contribution in [0.3, 0.4) is 0 Å². The van der Waals surface area contributed by atoms with Gasteiger partial charge < -0.3 is 4.42 Å². The molecule has 0 N–H and O–H groups in total. The van der Waals surface area contributed by atoms with Gasteiger partial charge in [0.25, 0.3) is 0 Å². The number of nitroso groups, excluding NO2 is 1. The van der Waals surface area contributed by atoms with Crippen molar-refractivity contribution in [1.29, 1.82) is 0 Å². The van der Waals surface area contributed by atoms with Crippen LogP contribution >= 0.6 is 11.3 Å². The zero-order chi connectivity index (χ0) is 14.3. The Kier molecular flexibility index (Phi) is 2.99. The fraction of sp³-hybridized carbons (Fsp3) is 0.133. The molecule has 3 rings (SSSR count). The van der Waals surface area contributed by atoms with Crippen molar-refractivity contribution in [1.82, 2.24) is 0 Å². The maximum atomic E-state index is 12.4. The molecule has 0 saturated carbocycles. The van der Waals surface area contributed by atoms with Crippen molar-refractivity contribution in [3.8, 4) is 10.6 Å². The first-order valence-corrected chi connectivity index (χ1v) is 6.95. The third-order valence-corrected chi connectivity index (χ3v) is 4.00. The quantitative estimate of drug-likeness (QED) is 0.649. The summed E-state index contributed by atoms with van der Waals surface area (Å²) in [4.78, 5) is 24.2. The Morgan fingerprint density at radius 1 is 1.25 bits per heavy atom. The van der Waals surface area contributed by atoms with Gasteiger partial charge in [-0.15, -0.1) is 16.2 Å². The second kappa shape index (κ2) is 4.68. The highest BCUT2D eigenvalue weighted by molar-refractivity contribution is 7.13. The molecule has 2 aromatic heterocycles. The van der Waals surface area contributed by atoms with E-state index in [4.69, 9.17) is 4.42 Å². The molecule has 0 atom stereocenters. The second-order valence-electron chi connectivity index (χ2n) is 4.64. The standard InChI is InChI=1S/C15H11NO3S/c1-8-6-9(2)14-10(7-8)13(17)12(16-18)15(19-14)11-4-3-5-20-11/h3-7H,1-2H3. The number of rotatable bonds is 2. The Bertz CT molecular complexity index is 863. The van der Waals surface area contributed by atoms with E-state index in [1.165, 1.54) is 11.3 Å². The lowest BCUT2D eigenvalue weighted by atomic mass is 10.1. The van der Waals surface area contributed by atoms with Gasteiger partial charge in [0.1, 0.15) is 5.58 Å². The van der Waals surface area contributed by atoms with E-state index in [1.54, 1.807) is 12.1 Å². The molecule has 0 unspecified atom stereocenters. The summed E-state index contributed by atoms with van der Waals surface area (Å²) in [5, 5.41) is 5.14. The topological polar surface area (TPSA) is 59.6 Å². The van der Waals surface area contributed by atoms with Crippen LogP contribution in [0.5, 0.6) is 0 Å². The summed E-state index contributed by atoms with van der Waals surface area (Å²) in [6.07, 6.45) is 0. The minimum absolute atomic E-state index is 0.162. The van der Waals surface area contributed by atoms with E-state index < -0.39 is 0 Å². The molecule has 0 aliphatic rings. The summed E-state index contributed by atoms with van der Waals surface area (Å²) in [6.45, 7) is 3.78. The molecule has 0 radical (unpaired) electrons. The van der Waals surface area contributed by atoms with E-state index in [1.807, 2.05) is 31.4 Å². The fourth-order valence-corrected chi connectivity index (χ4v) is 3.00. The fourth-order valence-electron chi connectivity index (χ4n) is 2.30. The summed E-state index contributed by atoms with van der Waals surface area (Å²) in [5.74, 6) is 0.249. The van der Waals surface area contributed by atoms with Crippen LogP contribution in [0.15, 0.2) is 44.0 Å². The first-order chi connectivity index (χ1) is 9.61. The van der Waals surface area contributed by atoms with E-state index >= 15 is 0 Å². The van der Waals surface area contributed by atoms with Crippen molar-refractivity contribution >= 4 is 28.0 Å². The van der Waals surface area contributed by atoms with Crippen molar-refractivity contribution in [3.63, 3.8) is 0 Å². The number of benzene rings is 1. The highest BCUT2D eigenvalue weighted by Crippen LogP contribution is 2.34. The molecule has 0 fully saturated rings. The Morgan fingerprint density at radius 3 is 2.70 bits per heavy atom. The van der Waals surface area contributed by atoms with Gasteiger partial charge in [-0.05, 0) is 47.7 Å². The van der Waals surface area contributed by atoms with Crippen LogP contribution in [0.1, 0.15) is 11.1 Å². The molecule has 0 bridgehead atoms. The first kappa shape index (κ1) is 12.7. The monoisotopic (exact) mass is 285 g/mol. The Hall–Kier alpha value is -2.27. The zero-order valence-electron chi connectivity index (χ0n) is 11.0. The van der Waals surface area contributed by atoms with Crippen LogP contribution in [-0.4, -0.2) is 0 Å². The zero-order valence-corrected chi connectivity index (χ0v) is 11.8. The lowest BCUT2D eigenvalue weighted by molar-refractivity contribution is 0.618. The molecule has 0 saturated heterocycles. The summed E-state index contributed by atoms with van der Waals surface area (Å²) >= 11 is 1.40. The number of thiophene rings is 1. The molecule has 5 heteroatoms. The van der Waals surface area contributed by atoms with Gasteiger partial charge in [-0.1, -0.05) is 12.1 Å². The molecule has 4 nitrogen and oxygen atoms in total. The summed E-state index contributed by atoms with van der Waals surface area (Å²) in [7, 11) is 0. The van der Waals surface area contributed by atoms with E-state index in [9.17, 15) is 9.70 Å². The van der Waals surface area contributed by atoms with Crippen LogP contribution in [0.4, 0.5) is 5.69 Å². The van der Waals surface area contributed by atoms with Crippen LogP contribution in [0, 0.1) is 18.8 Å². The summed E-state index contributed by atoms with van der Waals surface area (Å²) < 4.78 is 5.81. The van der Waals surface area contributed by atoms with Crippen LogP contribution in [0.2, 0.25) is 0 Å². The normalized spacial score (nSPS) is 10.9. The molecule has 0 spiro atoms. The van der Waals surface area contributed by atoms with Gasteiger partial charge in [-0.25, -0.2) is 0 Å². The smallest absolute Gasteiger partial charge is 0.222 e. The SMILES string of the molecule is Cc1cc(C)c2oc(-c3cccs3)c(N=O)c(=O)c2c1. The van der Waals surface area contributed by atoms with Gasteiger partial charge in [0.05, 0.1) is 10.3 Å². The van der Waals surface area contributed by atoms with E-state index in [0.29, 0.717) is 11.0 Å². The van der Waals surface area contributed by atoms with Gasteiger partial charge in [-0.3, -0.25) is 4.79 Å². The number of hydrogen-bond acceptors (Lipinski definition) is 5. The van der Waals surface area contributed by atoms with Crippen molar-refractivity contribution in [2.24, 2.45) is 5.18 Å². The molecule has 100 valence electrons. The van der Waals surface area contributed by atoms with Gasteiger partial charge in [-0.2, -0.15) is 0 Å². The first-order valence-electron chi connectivity index (χ1n) is 6.07. The van der Waals surface area contributed by atoms with Crippen molar-refractivity contribution in [3.05, 3.63) is 55.9 Å². The molecule has 0 amide bonds. The summed E-state index contributed by atoms with van der Waals surface area (Å²) in [6, 6.07) is 7.30. The molecule has 20 heavy (non-hydrogen) atoms. The Balaban J connectivity index is 2.49. The maximum absolute atomic E-state index is 12.4. The molecule has 0 aliphatic carbocycles. The minimum Gasteiger partial charge on any atom is -0.452 e. The summed E-state index contributed by atoms with van der Waals surface area (Å²) in [5.41, 5.74) is 1.79. The highest BCUT2D eigenvalue weighted by atomic mass is 32.1. The number of aryl methyl sites for hydroxylation is 2. The van der Waals surface area contributed by atoms with E-state index in [0.717, 1.165) is 16.0 Å². The largest absolute Gasteiger partial charge is 0.452 e. The molecule has 2 heterocycles. The van der Waals surface area contributed by atoms with E-state index in [-0.39, 0.29) is 16.9 Å². The number of nitrogens with zero attached hydrogens (tertiary/aromatic N) is 1.